The molecular weight excluding hydrogens is 655 g/mol. The molecule has 268 valence electrons. The van der Waals surface area contributed by atoms with Gasteiger partial charge >= 0.3 is 18.3 Å². The minimum atomic E-state index is -4.62. The summed E-state index contributed by atoms with van der Waals surface area (Å²) in [6.07, 6.45) is 0.495. The zero-order valence-electron chi connectivity index (χ0n) is 28.3. The molecule has 3 atom stereocenters. The van der Waals surface area contributed by atoms with Crippen LogP contribution in [0.15, 0.2) is 12.3 Å². The van der Waals surface area contributed by atoms with E-state index in [-0.39, 0.29) is 62.1 Å². The lowest BCUT2D eigenvalue weighted by atomic mass is 9.97. The monoisotopic (exact) mass is 697 g/mol. The van der Waals surface area contributed by atoms with Crippen LogP contribution >= 0.6 is 0 Å². The zero-order chi connectivity index (χ0) is 35.2. The summed E-state index contributed by atoms with van der Waals surface area (Å²) in [7, 11) is 2.04. The van der Waals surface area contributed by atoms with Gasteiger partial charge < -0.3 is 34.2 Å². The van der Waals surface area contributed by atoms with Crippen molar-refractivity contribution in [3.05, 3.63) is 34.6 Å². The lowest BCUT2D eigenvalue weighted by Gasteiger charge is -2.41. The third kappa shape index (κ3) is 6.48. The van der Waals surface area contributed by atoms with Gasteiger partial charge in [-0.3, -0.25) is 0 Å². The quantitative estimate of drug-likeness (QED) is 0.359. The summed E-state index contributed by atoms with van der Waals surface area (Å²) < 4.78 is 58.5. The molecule has 1 amide bonds. The average molecular weight is 698 g/mol. The molecule has 0 radical (unpaired) electrons. The summed E-state index contributed by atoms with van der Waals surface area (Å²) >= 11 is 0. The third-order valence-corrected chi connectivity index (χ3v) is 10.6. The van der Waals surface area contributed by atoms with Crippen molar-refractivity contribution in [3.8, 4) is 12.1 Å². The number of aromatic nitrogens is 4. The maximum atomic E-state index is 14.9. The first-order valence-corrected chi connectivity index (χ1v) is 17.3. The number of piperazine rings is 1. The number of aryl methyl sites for hydroxylation is 1. The second kappa shape index (κ2) is 13.7. The van der Waals surface area contributed by atoms with E-state index in [2.05, 4.69) is 16.1 Å². The number of amides is 1. The van der Waals surface area contributed by atoms with Crippen molar-refractivity contribution < 1.29 is 32.5 Å². The maximum Gasteiger partial charge on any atom is 0.418 e. The number of fused-ring (bicyclic) bond motifs is 2. The molecule has 0 bridgehead atoms. The first-order valence-electron chi connectivity index (χ1n) is 17.3. The number of nitrogens with zero attached hydrogens (tertiary/aromatic N) is 9. The van der Waals surface area contributed by atoms with Gasteiger partial charge in [-0.2, -0.15) is 33.5 Å². The SMILES string of the molecule is Cc1cc2c(cnn2C2CCCCO2)c(N2CCc3c(nc(OC[C@@H]4CCCN4C)nc3N3CCN(C(=O)O)[C@@H](CC#N)C3)C2)c1C(F)(F)F. The number of carboxylic acid groups (broad SMARTS) is 1. The Bertz CT molecular complexity index is 1790. The van der Waals surface area contributed by atoms with Gasteiger partial charge in [0.05, 0.1) is 53.7 Å². The molecule has 16 heteroatoms. The second-order valence-corrected chi connectivity index (χ2v) is 13.7. The van der Waals surface area contributed by atoms with E-state index >= 15 is 0 Å². The zero-order valence-corrected chi connectivity index (χ0v) is 28.3. The van der Waals surface area contributed by atoms with Crippen molar-refractivity contribution in [2.24, 2.45) is 0 Å². The molecule has 0 spiro atoms. The molecule has 0 saturated carbocycles. The lowest BCUT2D eigenvalue weighted by Crippen LogP contribution is -2.55. The highest BCUT2D eigenvalue weighted by Crippen LogP contribution is 2.46. The van der Waals surface area contributed by atoms with Crippen LogP contribution in [0.5, 0.6) is 6.01 Å². The topological polar surface area (TPSA) is 136 Å². The number of alkyl halides is 3. The van der Waals surface area contributed by atoms with Crippen LogP contribution in [0.4, 0.5) is 29.5 Å². The number of carbonyl (C=O) groups is 1. The van der Waals surface area contributed by atoms with Crippen LogP contribution in [0.3, 0.4) is 0 Å². The number of hydrogen-bond acceptors (Lipinski definition) is 10. The van der Waals surface area contributed by atoms with E-state index in [1.807, 2.05) is 11.9 Å². The molecular formula is C34H42F3N9O4. The number of nitriles is 1. The molecule has 13 nitrogen and oxygen atoms in total. The second-order valence-electron chi connectivity index (χ2n) is 13.7. The van der Waals surface area contributed by atoms with E-state index in [1.54, 1.807) is 15.6 Å². The van der Waals surface area contributed by atoms with Crippen molar-refractivity contribution in [1.82, 2.24) is 29.5 Å². The van der Waals surface area contributed by atoms with Gasteiger partial charge in [-0.1, -0.05) is 0 Å². The van der Waals surface area contributed by atoms with Gasteiger partial charge in [0.2, 0.25) is 0 Å². The highest BCUT2D eigenvalue weighted by atomic mass is 19.4. The van der Waals surface area contributed by atoms with Crippen LogP contribution in [0.1, 0.15) is 67.1 Å². The molecule has 2 aromatic heterocycles. The molecule has 4 aliphatic rings. The molecule has 1 aromatic carbocycles. The number of benzene rings is 1. The van der Waals surface area contributed by atoms with Crippen molar-refractivity contribution >= 4 is 28.5 Å². The lowest BCUT2D eigenvalue weighted by molar-refractivity contribution is -0.137. The fourth-order valence-corrected chi connectivity index (χ4v) is 7.97. The number of hydrogen-bond donors (Lipinski definition) is 1. The van der Waals surface area contributed by atoms with E-state index in [0.29, 0.717) is 48.6 Å². The predicted octanol–water partition coefficient (Wildman–Crippen LogP) is 4.97. The Balaban J connectivity index is 1.28. The standard InChI is InChI=1S/C34H42F3N9O4/c1-21-16-27-25(17-39-46(27)28-7-3-4-15-49-28)30(29(21)34(35,36)37)43-12-9-24-26(19-43)40-32(50-20-23-6-5-11-42(23)2)41-31(24)44-13-14-45(33(47)48)22(18-44)8-10-38/h16-17,22-23,28H,3-9,11-15,18-20H2,1-2H3,(H,47,48)/t22-,23-,28?/m0/s1. The van der Waals surface area contributed by atoms with Crippen LogP contribution in [-0.2, 0) is 23.9 Å². The highest BCUT2D eigenvalue weighted by Gasteiger charge is 2.41. The Morgan fingerprint density at radius 1 is 1.12 bits per heavy atom. The number of ether oxygens (including phenoxy) is 2. The first-order chi connectivity index (χ1) is 24.0. The largest absolute Gasteiger partial charge is 0.465 e. The fraction of sp³-hybridized carbons (Fsp3) is 0.618. The van der Waals surface area contributed by atoms with Crippen molar-refractivity contribution in [2.45, 2.75) is 82.9 Å². The van der Waals surface area contributed by atoms with Gasteiger partial charge in [-0.15, -0.1) is 0 Å². The van der Waals surface area contributed by atoms with Crippen LogP contribution in [0, 0.1) is 18.3 Å². The third-order valence-electron chi connectivity index (χ3n) is 10.6. The molecule has 7 rings (SSSR count). The summed E-state index contributed by atoms with van der Waals surface area (Å²) in [5.74, 6) is 0.574. The summed E-state index contributed by atoms with van der Waals surface area (Å²) in [5.41, 5.74) is 1.41. The summed E-state index contributed by atoms with van der Waals surface area (Å²) in [6, 6.07) is 3.42. The van der Waals surface area contributed by atoms with Crippen LogP contribution in [0.25, 0.3) is 10.9 Å². The number of halogens is 3. The molecule has 3 saturated heterocycles. The van der Waals surface area contributed by atoms with Crippen molar-refractivity contribution in [3.63, 3.8) is 0 Å². The minimum absolute atomic E-state index is 0.0182. The van der Waals surface area contributed by atoms with E-state index < -0.39 is 23.9 Å². The van der Waals surface area contributed by atoms with Crippen molar-refractivity contribution in [1.29, 1.82) is 5.26 Å². The molecule has 3 fully saturated rings. The molecule has 6 heterocycles. The molecule has 1 unspecified atom stereocenters. The summed E-state index contributed by atoms with van der Waals surface area (Å²) in [5, 5.41) is 24.2. The van der Waals surface area contributed by atoms with Gasteiger partial charge in [0.1, 0.15) is 12.4 Å². The Kier molecular flexibility index (Phi) is 9.38. The number of anilines is 2. The minimum Gasteiger partial charge on any atom is -0.465 e. The van der Waals surface area contributed by atoms with E-state index in [1.165, 1.54) is 18.0 Å². The van der Waals surface area contributed by atoms with Crippen LogP contribution in [0.2, 0.25) is 0 Å². The number of likely N-dealkylation sites (tertiary alicyclic amines) is 1. The molecule has 50 heavy (non-hydrogen) atoms. The highest BCUT2D eigenvalue weighted by molar-refractivity contribution is 5.95. The van der Waals surface area contributed by atoms with Gasteiger partial charge in [-0.25, -0.2) is 9.48 Å². The van der Waals surface area contributed by atoms with Crippen LogP contribution < -0.4 is 14.5 Å². The first kappa shape index (κ1) is 34.1. The molecule has 1 N–H and O–H groups in total. The Labute approximate surface area is 288 Å². The smallest absolute Gasteiger partial charge is 0.418 e. The van der Waals surface area contributed by atoms with E-state index in [4.69, 9.17) is 19.4 Å². The Morgan fingerprint density at radius 3 is 2.66 bits per heavy atom. The molecule has 0 aliphatic carbocycles. The molecule has 4 aliphatic heterocycles. The van der Waals surface area contributed by atoms with Gasteiger partial charge in [-0.05, 0) is 70.7 Å². The Morgan fingerprint density at radius 2 is 1.96 bits per heavy atom. The van der Waals surface area contributed by atoms with Gasteiger partial charge in [0.15, 0.2) is 6.23 Å². The van der Waals surface area contributed by atoms with Gasteiger partial charge in [0.25, 0.3) is 0 Å². The van der Waals surface area contributed by atoms with E-state index in [0.717, 1.165) is 44.2 Å². The number of likely N-dealkylation sites (N-methyl/N-ethyl adjacent to an activating group) is 1. The summed E-state index contributed by atoms with van der Waals surface area (Å²) in [6.45, 7) is 4.50. The van der Waals surface area contributed by atoms with E-state index in [9.17, 15) is 28.3 Å². The summed E-state index contributed by atoms with van der Waals surface area (Å²) in [4.78, 5) is 28.8. The number of rotatable bonds is 7. The van der Waals surface area contributed by atoms with Gasteiger partial charge in [0, 0.05) is 49.8 Å². The Hall–Kier alpha value is -4.36. The average Bonchev–Trinajstić information content (AvgIpc) is 3.71. The maximum absolute atomic E-state index is 14.9. The molecule has 3 aromatic rings. The normalized spacial score (nSPS) is 23.3. The van der Waals surface area contributed by atoms with Crippen molar-refractivity contribution in [2.75, 3.05) is 62.8 Å². The fourth-order valence-electron chi connectivity index (χ4n) is 7.97. The predicted molar refractivity (Wildman–Crippen MR) is 177 cm³/mol. The van der Waals surface area contributed by atoms with Crippen LogP contribution in [-0.4, -0.2) is 106 Å².